The molecular formula is C18H24N2O3. The number of benzene rings is 1. The summed E-state index contributed by atoms with van der Waals surface area (Å²) < 4.78 is 4.83. The molecule has 124 valence electrons. The van der Waals surface area contributed by atoms with Crippen LogP contribution in [-0.2, 0) is 9.53 Å². The van der Waals surface area contributed by atoms with Crippen LogP contribution >= 0.6 is 0 Å². The zero-order valence-electron chi connectivity index (χ0n) is 13.7. The summed E-state index contributed by atoms with van der Waals surface area (Å²) in [5, 5.41) is 2.92. The maximum absolute atomic E-state index is 12.2. The molecule has 0 spiro atoms. The summed E-state index contributed by atoms with van der Waals surface area (Å²) >= 11 is 0. The molecule has 0 aromatic heterocycles. The molecule has 1 atom stereocenters. The molecule has 0 aliphatic carbocycles. The van der Waals surface area contributed by atoms with Gasteiger partial charge < -0.3 is 15.0 Å². The maximum Gasteiger partial charge on any atom is 0.330 e. The quantitative estimate of drug-likeness (QED) is 0.683. The van der Waals surface area contributed by atoms with Gasteiger partial charge in [0.05, 0.1) is 6.61 Å². The fourth-order valence-corrected chi connectivity index (χ4v) is 2.61. The van der Waals surface area contributed by atoms with Crippen LogP contribution in [0.15, 0.2) is 30.3 Å². The van der Waals surface area contributed by atoms with E-state index in [4.69, 9.17) is 4.74 Å². The Bertz CT molecular complexity index is 566. The van der Waals surface area contributed by atoms with E-state index in [1.165, 1.54) is 12.5 Å². The number of rotatable bonds is 4. The molecule has 2 amide bonds. The van der Waals surface area contributed by atoms with Crippen molar-refractivity contribution in [2.45, 2.75) is 26.7 Å². The number of urea groups is 1. The standard InChI is InChI=1S/C18H24N2O3/c1-3-23-17(21)11-8-15-6-9-16(10-7-15)19-18(22)20-12-4-5-14(2)13-20/h6-11,14H,3-5,12-13H2,1-2H3,(H,19,22)/b11-8+/t14-/m1/s1. The average molecular weight is 316 g/mol. The molecule has 0 radical (unpaired) electrons. The SMILES string of the molecule is CCOC(=O)/C=C/c1ccc(NC(=O)N2CCC[C@@H](C)C2)cc1. The van der Waals surface area contributed by atoms with Gasteiger partial charge in [0.25, 0.3) is 0 Å². The van der Waals surface area contributed by atoms with Crippen molar-refractivity contribution < 1.29 is 14.3 Å². The second-order valence-electron chi connectivity index (χ2n) is 5.83. The van der Waals surface area contributed by atoms with Crippen molar-refractivity contribution in [1.82, 2.24) is 4.90 Å². The number of esters is 1. The van der Waals surface area contributed by atoms with Crippen molar-refractivity contribution >= 4 is 23.8 Å². The van der Waals surface area contributed by atoms with Gasteiger partial charge in [-0.3, -0.25) is 0 Å². The van der Waals surface area contributed by atoms with Gasteiger partial charge in [-0.2, -0.15) is 0 Å². The summed E-state index contributed by atoms with van der Waals surface area (Å²) in [7, 11) is 0. The molecule has 1 saturated heterocycles. The van der Waals surface area contributed by atoms with Crippen LogP contribution in [0.5, 0.6) is 0 Å². The van der Waals surface area contributed by atoms with Crippen molar-refractivity contribution in [2.24, 2.45) is 5.92 Å². The van der Waals surface area contributed by atoms with Crippen LogP contribution in [0.1, 0.15) is 32.3 Å². The number of hydrogen-bond donors (Lipinski definition) is 1. The van der Waals surface area contributed by atoms with E-state index < -0.39 is 0 Å². The molecule has 0 bridgehead atoms. The molecule has 1 aliphatic heterocycles. The molecule has 2 rings (SSSR count). The molecule has 0 saturated carbocycles. The van der Waals surface area contributed by atoms with Gasteiger partial charge in [0.1, 0.15) is 0 Å². The first-order valence-corrected chi connectivity index (χ1v) is 8.09. The number of carbonyl (C=O) groups is 2. The lowest BCUT2D eigenvalue weighted by atomic mass is 10.0. The van der Waals surface area contributed by atoms with Crippen molar-refractivity contribution in [3.8, 4) is 0 Å². The predicted molar refractivity (Wildman–Crippen MR) is 91.1 cm³/mol. The molecule has 1 fully saturated rings. The minimum atomic E-state index is -0.357. The average Bonchev–Trinajstić information content (AvgIpc) is 2.54. The lowest BCUT2D eigenvalue weighted by Gasteiger charge is -2.30. The second kappa shape index (κ2) is 8.36. The summed E-state index contributed by atoms with van der Waals surface area (Å²) in [6.45, 7) is 5.93. The Morgan fingerprint density at radius 1 is 1.35 bits per heavy atom. The summed E-state index contributed by atoms with van der Waals surface area (Å²) in [4.78, 5) is 25.3. The van der Waals surface area contributed by atoms with Crippen LogP contribution in [0.4, 0.5) is 10.5 Å². The molecule has 1 aliphatic rings. The monoisotopic (exact) mass is 316 g/mol. The Morgan fingerprint density at radius 3 is 2.74 bits per heavy atom. The van der Waals surface area contributed by atoms with Gasteiger partial charge in [-0.1, -0.05) is 19.1 Å². The number of hydrogen-bond acceptors (Lipinski definition) is 3. The van der Waals surface area contributed by atoms with E-state index in [0.717, 1.165) is 30.8 Å². The van der Waals surface area contributed by atoms with E-state index >= 15 is 0 Å². The molecule has 5 heteroatoms. The lowest BCUT2D eigenvalue weighted by Crippen LogP contribution is -2.41. The largest absolute Gasteiger partial charge is 0.463 e. The molecule has 1 heterocycles. The molecule has 0 unspecified atom stereocenters. The first kappa shape index (κ1) is 17.1. The number of carbonyl (C=O) groups excluding carboxylic acids is 2. The Balaban J connectivity index is 1.89. The summed E-state index contributed by atoms with van der Waals surface area (Å²) in [5.74, 6) is 0.203. The van der Waals surface area contributed by atoms with E-state index in [-0.39, 0.29) is 12.0 Å². The van der Waals surface area contributed by atoms with E-state index in [9.17, 15) is 9.59 Å². The van der Waals surface area contributed by atoms with E-state index in [1.807, 2.05) is 29.2 Å². The lowest BCUT2D eigenvalue weighted by molar-refractivity contribution is -0.137. The van der Waals surface area contributed by atoms with Crippen LogP contribution in [-0.4, -0.2) is 36.6 Å². The van der Waals surface area contributed by atoms with E-state index in [2.05, 4.69) is 12.2 Å². The first-order chi connectivity index (χ1) is 11.1. The van der Waals surface area contributed by atoms with Gasteiger partial charge in [-0.05, 0) is 49.5 Å². The number of nitrogens with zero attached hydrogens (tertiary/aromatic N) is 1. The molecule has 1 aromatic rings. The Morgan fingerprint density at radius 2 is 2.09 bits per heavy atom. The third kappa shape index (κ3) is 5.43. The number of nitrogens with one attached hydrogen (secondary N) is 1. The molecule has 1 N–H and O–H groups in total. The number of likely N-dealkylation sites (tertiary alicyclic amines) is 1. The van der Waals surface area contributed by atoms with Gasteiger partial charge in [-0.15, -0.1) is 0 Å². The minimum Gasteiger partial charge on any atom is -0.463 e. The highest BCUT2D eigenvalue weighted by Gasteiger charge is 2.20. The van der Waals surface area contributed by atoms with Crippen molar-refractivity contribution in [3.05, 3.63) is 35.9 Å². The summed E-state index contributed by atoms with van der Waals surface area (Å²) in [5.41, 5.74) is 1.63. The van der Waals surface area contributed by atoms with E-state index in [1.54, 1.807) is 13.0 Å². The minimum absolute atomic E-state index is 0.0497. The molecule has 5 nitrogen and oxygen atoms in total. The Labute approximate surface area is 137 Å². The van der Waals surface area contributed by atoms with Crippen molar-refractivity contribution in [2.75, 3.05) is 25.0 Å². The number of anilines is 1. The van der Waals surface area contributed by atoms with Crippen LogP contribution in [0.25, 0.3) is 6.08 Å². The fourth-order valence-electron chi connectivity index (χ4n) is 2.61. The highest BCUT2D eigenvalue weighted by Crippen LogP contribution is 2.17. The topological polar surface area (TPSA) is 58.6 Å². The zero-order valence-corrected chi connectivity index (χ0v) is 13.7. The normalized spacial score (nSPS) is 18.0. The Kier molecular flexibility index (Phi) is 6.20. The maximum atomic E-state index is 12.2. The summed E-state index contributed by atoms with van der Waals surface area (Å²) in [6, 6.07) is 7.31. The van der Waals surface area contributed by atoms with Crippen LogP contribution in [0.2, 0.25) is 0 Å². The number of ether oxygens (including phenoxy) is 1. The third-order valence-corrected chi connectivity index (χ3v) is 3.80. The van der Waals surface area contributed by atoms with Crippen molar-refractivity contribution in [3.63, 3.8) is 0 Å². The smallest absolute Gasteiger partial charge is 0.330 e. The Hall–Kier alpha value is -2.30. The molecular weight excluding hydrogens is 292 g/mol. The number of amides is 2. The van der Waals surface area contributed by atoms with Gasteiger partial charge in [0, 0.05) is 24.9 Å². The summed E-state index contributed by atoms with van der Waals surface area (Å²) in [6.07, 6.45) is 5.33. The molecule has 1 aromatic carbocycles. The highest BCUT2D eigenvalue weighted by atomic mass is 16.5. The first-order valence-electron chi connectivity index (χ1n) is 8.09. The van der Waals surface area contributed by atoms with Crippen molar-refractivity contribution in [1.29, 1.82) is 0 Å². The highest BCUT2D eigenvalue weighted by molar-refractivity contribution is 5.90. The predicted octanol–water partition coefficient (Wildman–Crippen LogP) is 3.53. The van der Waals surface area contributed by atoms with Gasteiger partial charge in [0.15, 0.2) is 0 Å². The van der Waals surface area contributed by atoms with Crippen LogP contribution < -0.4 is 5.32 Å². The van der Waals surface area contributed by atoms with Gasteiger partial charge >= 0.3 is 12.0 Å². The second-order valence-corrected chi connectivity index (χ2v) is 5.83. The van der Waals surface area contributed by atoms with Crippen LogP contribution in [0.3, 0.4) is 0 Å². The fraction of sp³-hybridized carbons (Fsp3) is 0.444. The van der Waals surface area contributed by atoms with Gasteiger partial charge in [0.2, 0.25) is 0 Å². The van der Waals surface area contributed by atoms with Gasteiger partial charge in [-0.25, -0.2) is 9.59 Å². The zero-order chi connectivity index (χ0) is 16.7. The van der Waals surface area contributed by atoms with Crippen LogP contribution in [0, 0.1) is 5.92 Å². The number of piperidine rings is 1. The molecule has 23 heavy (non-hydrogen) atoms. The van der Waals surface area contributed by atoms with E-state index in [0.29, 0.717) is 12.5 Å². The third-order valence-electron chi connectivity index (χ3n) is 3.80.